The Kier molecular flexibility index (Phi) is 10.0. The monoisotopic (exact) mass is 510 g/mol. The van der Waals surface area contributed by atoms with Gasteiger partial charge in [0.05, 0.1) is 17.8 Å². The van der Waals surface area contributed by atoms with Gasteiger partial charge in [0.25, 0.3) is 0 Å². The Bertz CT molecular complexity index is 1120. The number of amides is 1. The zero-order valence-electron chi connectivity index (χ0n) is 21.1. The van der Waals surface area contributed by atoms with Crippen molar-refractivity contribution >= 4 is 41.3 Å². The first-order valence-electron chi connectivity index (χ1n) is 12.0. The summed E-state index contributed by atoms with van der Waals surface area (Å²) in [5.74, 6) is 1.94. The van der Waals surface area contributed by atoms with Crippen molar-refractivity contribution in [3.8, 4) is 6.07 Å². The summed E-state index contributed by atoms with van der Waals surface area (Å²) in [6.07, 6.45) is 5.66. The lowest BCUT2D eigenvalue weighted by Crippen LogP contribution is -2.48. The summed E-state index contributed by atoms with van der Waals surface area (Å²) in [6, 6.07) is 6.05. The van der Waals surface area contributed by atoms with E-state index in [1.165, 1.54) is 6.20 Å². The van der Waals surface area contributed by atoms with Gasteiger partial charge >= 0.3 is 0 Å². The number of nitrogens with one attached hydrogen (secondary N) is 2. The zero-order valence-corrected chi connectivity index (χ0v) is 21.9. The van der Waals surface area contributed by atoms with Gasteiger partial charge in [-0.2, -0.15) is 17.0 Å². The van der Waals surface area contributed by atoms with Crippen molar-refractivity contribution in [1.82, 2.24) is 19.8 Å². The minimum atomic E-state index is 0.0313. The van der Waals surface area contributed by atoms with E-state index >= 15 is 0 Å². The summed E-state index contributed by atoms with van der Waals surface area (Å²) in [5.41, 5.74) is 8.78. The topological polar surface area (TPSA) is 140 Å². The fourth-order valence-corrected chi connectivity index (χ4v) is 4.63. The number of nitrogens with two attached hydrogens (primary N) is 1. The van der Waals surface area contributed by atoms with Gasteiger partial charge in [0, 0.05) is 49.3 Å². The molecule has 1 aliphatic heterocycles. The zero-order chi connectivity index (χ0) is 26.1. The first-order valence-corrected chi connectivity index (χ1v) is 13.3. The van der Waals surface area contributed by atoms with E-state index in [1.54, 1.807) is 22.7 Å². The third-order valence-corrected chi connectivity index (χ3v) is 6.77. The molecule has 1 fully saturated rings. The average molecular weight is 511 g/mol. The molecule has 1 aliphatic rings. The van der Waals surface area contributed by atoms with Crippen molar-refractivity contribution in [2.45, 2.75) is 32.4 Å². The number of hydrogen-bond acceptors (Lipinski definition) is 10. The number of likely N-dealkylation sites (N-methyl/N-ethyl adjacent to an activating group) is 1. The summed E-state index contributed by atoms with van der Waals surface area (Å²) in [5, 5.41) is 16.1. The van der Waals surface area contributed by atoms with Crippen LogP contribution in [0, 0.1) is 11.3 Å². The van der Waals surface area contributed by atoms with E-state index in [9.17, 15) is 14.9 Å². The molecule has 1 atom stereocenters. The molecule has 3 rings (SSSR count). The lowest BCUT2D eigenvalue weighted by molar-refractivity contribution is -0.136. The van der Waals surface area contributed by atoms with Gasteiger partial charge in [-0.1, -0.05) is 0 Å². The number of anilines is 3. The van der Waals surface area contributed by atoms with E-state index < -0.39 is 0 Å². The molecule has 1 amide bonds. The van der Waals surface area contributed by atoms with Crippen molar-refractivity contribution in [1.29, 1.82) is 5.26 Å². The first-order chi connectivity index (χ1) is 17.4. The molecule has 0 aromatic carbocycles. The Morgan fingerprint density at radius 1 is 1.33 bits per heavy atom. The molecule has 10 nitrogen and oxygen atoms in total. The van der Waals surface area contributed by atoms with Gasteiger partial charge in [-0.15, -0.1) is 0 Å². The highest BCUT2D eigenvalue weighted by Crippen LogP contribution is 2.26. The number of hydrogen-bond donors (Lipinski definition) is 3. The highest BCUT2D eigenvalue weighted by molar-refractivity contribution is 7.98. The molecule has 36 heavy (non-hydrogen) atoms. The summed E-state index contributed by atoms with van der Waals surface area (Å²) >= 11 is 1.72. The molecule has 2 aromatic heterocycles. The maximum Gasteiger partial charge on any atom is 0.237 e. The molecule has 1 saturated heterocycles. The second kappa shape index (κ2) is 13.2. The largest absolute Gasteiger partial charge is 0.381 e. The Balaban J connectivity index is 1.91. The third kappa shape index (κ3) is 7.16. The Hall–Kier alpha value is -3.20. The van der Waals surface area contributed by atoms with Crippen LogP contribution >= 0.6 is 11.8 Å². The standard InChI is InChI=1S/C25H34N8O2S/c1-17(16-36-3)29-21-10-23(28-12-20(21)11-27)31-25-18(5-4-6-26)9-19(22(15-34)30-25)13-33-8-7-32(2)14-24(33)35/h9-10,12,15,17H,4-8,13-14,16,26H2,1-3H3,(H2,28,29,30,31). The number of aryl methyl sites for hydroxylation is 1. The van der Waals surface area contributed by atoms with Crippen LogP contribution in [0.15, 0.2) is 18.3 Å². The van der Waals surface area contributed by atoms with E-state index in [0.29, 0.717) is 61.0 Å². The number of nitrogens with zero attached hydrogens (tertiary/aromatic N) is 5. The Morgan fingerprint density at radius 3 is 2.81 bits per heavy atom. The van der Waals surface area contributed by atoms with Gasteiger partial charge in [-0.25, -0.2) is 9.97 Å². The number of piperazine rings is 1. The summed E-state index contributed by atoms with van der Waals surface area (Å²) in [6.45, 7) is 4.65. The van der Waals surface area contributed by atoms with Gasteiger partial charge in [-0.3, -0.25) is 14.5 Å². The van der Waals surface area contributed by atoms with Crippen LogP contribution in [-0.2, 0) is 17.8 Å². The van der Waals surface area contributed by atoms with Crippen molar-refractivity contribution in [3.63, 3.8) is 0 Å². The summed E-state index contributed by atoms with van der Waals surface area (Å²) < 4.78 is 0. The first kappa shape index (κ1) is 27.4. The van der Waals surface area contributed by atoms with Crippen LogP contribution in [0.1, 0.15) is 40.5 Å². The van der Waals surface area contributed by atoms with E-state index in [-0.39, 0.29) is 17.6 Å². The van der Waals surface area contributed by atoms with Crippen LogP contribution in [0.3, 0.4) is 0 Å². The Labute approximate surface area is 216 Å². The molecule has 4 N–H and O–H groups in total. The molecule has 0 radical (unpaired) electrons. The van der Waals surface area contributed by atoms with E-state index in [4.69, 9.17) is 5.73 Å². The number of carbonyl (C=O) groups is 2. The number of thioether (sulfide) groups is 1. The molecule has 1 unspecified atom stereocenters. The fourth-order valence-electron chi connectivity index (χ4n) is 4.05. The second-order valence-electron chi connectivity index (χ2n) is 8.96. The Morgan fingerprint density at radius 2 is 2.14 bits per heavy atom. The van der Waals surface area contributed by atoms with Crippen LogP contribution in [0.25, 0.3) is 0 Å². The predicted octanol–water partition coefficient (Wildman–Crippen LogP) is 2.23. The molecule has 3 heterocycles. The molecule has 0 aliphatic carbocycles. The molecule has 0 spiro atoms. The lowest BCUT2D eigenvalue weighted by atomic mass is 10.0. The SMILES string of the molecule is CSCC(C)Nc1cc(Nc2nc(C=O)c(CN3CCN(C)CC3=O)cc2CCCN)ncc1C#N. The molecule has 2 aromatic rings. The summed E-state index contributed by atoms with van der Waals surface area (Å²) in [7, 11) is 1.92. The van der Waals surface area contributed by atoms with Gasteiger partial charge in [0.1, 0.15) is 23.4 Å². The quantitative estimate of drug-likeness (QED) is 0.364. The normalized spacial score (nSPS) is 14.9. The summed E-state index contributed by atoms with van der Waals surface area (Å²) in [4.78, 5) is 37.2. The van der Waals surface area contributed by atoms with Crippen LogP contribution in [0.2, 0.25) is 0 Å². The number of nitriles is 1. The number of aromatic nitrogens is 2. The minimum Gasteiger partial charge on any atom is -0.381 e. The molecular weight excluding hydrogens is 476 g/mol. The number of aldehydes is 1. The maximum atomic E-state index is 12.5. The van der Waals surface area contributed by atoms with Crippen molar-refractivity contribution in [3.05, 3.63) is 40.7 Å². The smallest absolute Gasteiger partial charge is 0.237 e. The molecule has 0 bridgehead atoms. The van der Waals surface area contributed by atoms with E-state index in [0.717, 1.165) is 30.6 Å². The second-order valence-corrected chi connectivity index (χ2v) is 9.87. The average Bonchev–Trinajstić information content (AvgIpc) is 2.85. The molecule has 192 valence electrons. The van der Waals surface area contributed by atoms with Gasteiger partial charge < -0.3 is 21.3 Å². The van der Waals surface area contributed by atoms with E-state index in [2.05, 4.69) is 33.6 Å². The van der Waals surface area contributed by atoms with Crippen LogP contribution in [-0.4, -0.2) is 83.2 Å². The van der Waals surface area contributed by atoms with Gasteiger partial charge in [0.15, 0.2) is 6.29 Å². The van der Waals surface area contributed by atoms with Crippen LogP contribution in [0.4, 0.5) is 17.3 Å². The van der Waals surface area contributed by atoms with Crippen molar-refractivity contribution in [2.75, 3.05) is 55.9 Å². The number of rotatable bonds is 12. The van der Waals surface area contributed by atoms with Gasteiger partial charge in [-0.05, 0) is 51.2 Å². The highest BCUT2D eigenvalue weighted by atomic mass is 32.2. The van der Waals surface area contributed by atoms with Crippen molar-refractivity contribution in [2.24, 2.45) is 5.73 Å². The van der Waals surface area contributed by atoms with E-state index in [1.807, 2.05) is 24.3 Å². The molecular formula is C25H34N8O2S. The minimum absolute atomic E-state index is 0.0313. The van der Waals surface area contributed by atoms with Crippen LogP contribution in [0.5, 0.6) is 0 Å². The molecule has 0 saturated carbocycles. The number of carbonyl (C=O) groups excluding carboxylic acids is 2. The van der Waals surface area contributed by atoms with Crippen molar-refractivity contribution < 1.29 is 9.59 Å². The highest BCUT2D eigenvalue weighted by Gasteiger charge is 2.23. The maximum absolute atomic E-state index is 12.5. The predicted molar refractivity (Wildman–Crippen MR) is 144 cm³/mol. The third-order valence-electron chi connectivity index (χ3n) is 5.94. The molecule has 11 heteroatoms. The lowest BCUT2D eigenvalue weighted by Gasteiger charge is -2.32. The van der Waals surface area contributed by atoms with Crippen LogP contribution < -0.4 is 16.4 Å². The fraction of sp³-hybridized carbons (Fsp3) is 0.480. The number of pyridine rings is 2. The van der Waals surface area contributed by atoms with Gasteiger partial charge in [0.2, 0.25) is 5.91 Å².